The maximum Gasteiger partial charge on any atom is 0.0114 e. The quantitative estimate of drug-likeness (QED) is 0.687. The topological polar surface area (TPSA) is 26.0 Å². The second kappa shape index (κ2) is 7.25. The SMILES string of the molecule is CC(C)(C)SC(C)(C)CC(C)(C)C1CCCCC(N)CC1. The van der Waals surface area contributed by atoms with Gasteiger partial charge in [-0.3, -0.25) is 0 Å². The van der Waals surface area contributed by atoms with E-state index in [0.29, 0.717) is 21.0 Å². The lowest BCUT2D eigenvalue weighted by molar-refractivity contribution is 0.142. The summed E-state index contributed by atoms with van der Waals surface area (Å²) in [7, 11) is 0. The molecule has 0 heterocycles. The Hall–Kier alpha value is 0.310. The van der Waals surface area contributed by atoms with Crippen molar-refractivity contribution in [3.05, 3.63) is 0 Å². The van der Waals surface area contributed by atoms with Gasteiger partial charge in [-0.05, 0) is 43.4 Å². The van der Waals surface area contributed by atoms with Gasteiger partial charge in [-0.15, -0.1) is 11.8 Å². The van der Waals surface area contributed by atoms with Crippen molar-refractivity contribution in [2.45, 2.75) is 109 Å². The lowest BCUT2D eigenvalue weighted by Crippen LogP contribution is -2.36. The fraction of sp³-hybridized carbons (Fsp3) is 1.00. The molecule has 1 rings (SSSR count). The average Bonchev–Trinajstić information content (AvgIpc) is 2.17. The van der Waals surface area contributed by atoms with Gasteiger partial charge in [0.15, 0.2) is 0 Å². The van der Waals surface area contributed by atoms with Crippen LogP contribution < -0.4 is 5.73 Å². The second-order valence-electron chi connectivity index (χ2n) is 9.46. The molecule has 2 unspecified atom stereocenters. The van der Waals surface area contributed by atoms with E-state index in [9.17, 15) is 0 Å². The van der Waals surface area contributed by atoms with Crippen molar-refractivity contribution in [2.24, 2.45) is 17.1 Å². The molecule has 2 N–H and O–H groups in total. The molecule has 1 fully saturated rings. The first kappa shape index (κ1) is 19.4. The smallest absolute Gasteiger partial charge is 0.0114 e. The molecule has 0 radical (unpaired) electrons. The van der Waals surface area contributed by atoms with Crippen LogP contribution in [0, 0.1) is 11.3 Å². The predicted octanol–water partition coefficient (Wildman–Crippen LogP) is 6.01. The van der Waals surface area contributed by atoms with Gasteiger partial charge in [-0.2, -0.15) is 0 Å². The summed E-state index contributed by atoms with van der Waals surface area (Å²) < 4.78 is 0.676. The second-order valence-corrected chi connectivity index (χ2v) is 12.0. The van der Waals surface area contributed by atoms with E-state index in [2.05, 4.69) is 60.2 Å². The molecule has 0 spiro atoms. The van der Waals surface area contributed by atoms with Crippen LogP contribution in [-0.2, 0) is 0 Å². The highest BCUT2D eigenvalue weighted by atomic mass is 32.2. The first-order chi connectivity index (χ1) is 9.41. The highest BCUT2D eigenvalue weighted by molar-refractivity contribution is 8.01. The molecule has 21 heavy (non-hydrogen) atoms. The molecule has 1 aliphatic carbocycles. The molecule has 0 bridgehead atoms. The van der Waals surface area contributed by atoms with E-state index in [1.807, 2.05) is 0 Å². The van der Waals surface area contributed by atoms with Crippen molar-refractivity contribution in [1.29, 1.82) is 0 Å². The van der Waals surface area contributed by atoms with Crippen molar-refractivity contribution in [2.75, 3.05) is 0 Å². The van der Waals surface area contributed by atoms with Crippen LogP contribution in [0.4, 0.5) is 0 Å². The van der Waals surface area contributed by atoms with E-state index in [-0.39, 0.29) is 0 Å². The zero-order valence-electron chi connectivity index (χ0n) is 15.6. The molecule has 2 heteroatoms. The summed E-state index contributed by atoms with van der Waals surface area (Å²) in [4.78, 5) is 0. The first-order valence-electron chi connectivity index (χ1n) is 8.87. The highest BCUT2D eigenvalue weighted by Crippen LogP contribution is 2.48. The summed E-state index contributed by atoms with van der Waals surface area (Å²) in [5, 5.41) is 0. The Morgan fingerprint density at radius 1 is 0.857 bits per heavy atom. The van der Waals surface area contributed by atoms with Gasteiger partial charge in [0.05, 0.1) is 0 Å². The molecular weight excluding hydrogens is 274 g/mol. The molecule has 126 valence electrons. The van der Waals surface area contributed by atoms with Crippen LogP contribution in [0.3, 0.4) is 0 Å². The van der Waals surface area contributed by atoms with E-state index in [4.69, 9.17) is 5.73 Å². The third-order valence-electron chi connectivity index (χ3n) is 4.83. The molecular formula is C19H39NS. The Bertz CT molecular complexity index is 314. The molecule has 0 amide bonds. The minimum atomic E-state index is 0.336. The van der Waals surface area contributed by atoms with Crippen molar-refractivity contribution in [3.8, 4) is 0 Å². The summed E-state index contributed by atoms with van der Waals surface area (Å²) in [6.07, 6.45) is 9.17. The van der Waals surface area contributed by atoms with Crippen LogP contribution >= 0.6 is 11.8 Å². The number of thioether (sulfide) groups is 1. The Morgan fingerprint density at radius 3 is 2.00 bits per heavy atom. The zero-order chi connectivity index (χ0) is 16.3. The molecule has 1 aliphatic rings. The minimum Gasteiger partial charge on any atom is -0.328 e. The van der Waals surface area contributed by atoms with Crippen LogP contribution in [0.5, 0.6) is 0 Å². The fourth-order valence-corrected chi connectivity index (χ4v) is 6.49. The Labute approximate surface area is 138 Å². The third-order valence-corrected chi connectivity index (χ3v) is 6.14. The van der Waals surface area contributed by atoms with Crippen LogP contribution in [0.1, 0.15) is 93.4 Å². The van der Waals surface area contributed by atoms with Crippen molar-refractivity contribution < 1.29 is 0 Å². The monoisotopic (exact) mass is 313 g/mol. The third kappa shape index (κ3) is 7.41. The lowest BCUT2D eigenvalue weighted by Gasteiger charge is -2.43. The Kier molecular flexibility index (Phi) is 6.69. The molecule has 0 aromatic rings. The van der Waals surface area contributed by atoms with Crippen molar-refractivity contribution in [3.63, 3.8) is 0 Å². The molecule has 1 saturated carbocycles. The first-order valence-corrected chi connectivity index (χ1v) is 9.69. The zero-order valence-corrected chi connectivity index (χ0v) is 16.4. The Morgan fingerprint density at radius 2 is 1.43 bits per heavy atom. The molecule has 0 aromatic carbocycles. The fourth-order valence-electron chi connectivity index (χ4n) is 4.39. The van der Waals surface area contributed by atoms with E-state index in [1.54, 1.807) is 0 Å². The summed E-state index contributed by atoms with van der Waals surface area (Å²) in [6.45, 7) is 16.9. The summed E-state index contributed by atoms with van der Waals surface area (Å²) in [6, 6.07) is 0.445. The molecule has 0 aliphatic heterocycles. The standard InChI is InChI=1S/C19H39NS/c1-17(2,3)21-19(6,7)14-18(4,5)15-10-8-9-11-16(20)13-12-15/h15-16H,8-14,20H2,1-7H3. The van der Waals surface area contributed by atoms with Gasteiger partial charge in [-0.25, -0.2) is 0 Å². The van der Waals surface area contributed by atoms with Crippen molar-refractivity contribution in [1.82, 2.24) is 0 Å². The maximum atomic E-state index is 6.22. The number of rotatable bonds is 4. The van der Waals surface area contributed by atoms with Gasteiger partial charge in [0.25, 0.3) is 0 Å². The van der Waals surface area contributed by atoms with Gasteiger partial charge in [0, 0.05) is 15.5 Å². The van der Waals surface area contributed by atoms with E-state index in [1.165, 1.54) is 44.9 Å². The summed E-state index contributed by atoms with van der Waals surface area (Å²) in [5.41, 5.74) is 6.63. The van der Waals surface area contributed by atoms with Gasteiger partial charge in [-0.1, -0.05) is 61.3 Å². The van der Waals surface area contributed by atoms with Crippen LogP contribution in [0.25, 0.3) is 0 Å². The average molecular weight is 314 g/mol. The van der Waals surface area contributed by atoms with E-state index >= 15 is 0 Å². The molecule has 0 saturated heterocycles. The van der Waals surface area contributed by atoms with Gasteiger partial charge in [0.2, 0.25) is 0 Å². The summed E-state index contributed by atoms with van der Waals surface area (Å²) in [5.74, 6) is 0.837. The highest BCUT2D eigenvalue weighted by Gasteiger charge is 2.37. The lowest BCUT2D eigenvalue weighted by atomic mass is 9.68. The van der Waals surface area contributed by atoms with Crippen LogP contribution in [0.2, 0.25) is 0 Å². The molecule has 2 atom stereocenters. The van der Waals surface area contributed by atoms with Gasteiger partial charge < -0.3 is 5.73 Å². The molecule has 1 nitrogen and oxygen atoms in total. The van der Waals surface area contributed by atoms with E-state index < -0.39 is 0 Å². The van der Waals surface area contributed by atoms with Gasteiger partial charge >= 0.3 is 0 Å². The number of nitrogens with two attached hydrogens (primary N) is 1. The minimum absolute atomic E-state index is 0.336. The molecule has 0 aromatic heterocycles. The van der Waals surface area contributed by atoms with Crippen LogP contribution in [0.15, 0.2) is 0 Å². The van der Waals surface area contributed by atoms with Crippen molar-refractivity contribution >= 4 is 11.8 Å². The number of hydrogen-bond donors (Lipinski definition) is 1. The Balaban J connectivity index is 2.69. The largest absolute Gasteiger partial charge is 0.328 e. The normalized spacial score (nSPS) is 26.3. The summed E-state index contributed by atoms with van der Waals surface area (Å²) >= 11 is 2.14. The number of hydrogen-bond acceptors (Lipinski definition) is 2. The van der Waals surface area contributed by atoms with Gasteiger partial charge in [0.1, 0.15) is 0 Å². The maximum absolute atomic E-state index is 6.22. The van der Waals surface area contributed by atoms with E-state index in [0.717, 1.165) is 5.92 Å². The predicted molar refractivity (Wildman–Crippen MR) is 99.0 cm³/mol. The van der Waals surface area contributed by atoms with Crippen LogP contribution in [-0.4, -0.2) is 15.5 Å².